The number of hydrogen-bond donors (Lipinski definition) is 1. The number of thiazole rings is 1. The molecule has 0 aliphatic rings. The maximum absolute atomic E-state index is 5.84. The molecule has 0 saturated carbocycles. The summed E-state index contributed by atoms with van der Waals surface area (Å²) in [5, 5.41) is 3.14. The highest BCUT2D eigenvalue weighted by molar-refractivity contribution is 7.09. The minimum Gasteiger partial charge on any atom is -0.326 e. The number of nitrogens with two attached hydrogens (primary N) is 1. The van der Waals surface area contributed by atoms with Crippen LogP contribution in [0.25, 0.3) is 0 Å². The number of imidazole rings is 1. The molecule has 0 aliphatic heterocycles. The van der Waals surface area contributed by atoms with Crippen molar-refractivity contribution in [2.24, 2.45) is 5.73 Å². The number of nitrogens with zero attached hydrogens (tertiary/aromatic N) is 3. The molecule has 15 heavy (non-hydrogen) atoms. The maximum atomic E-state index is 5.84. The molecule has 2 heterocycles. The predicted molar refractivity (Wildman–Crippen MR) is 60.8 cm³/mol. The number of rotatable bonds is 3. The van der Waals surface area contributed by atoms with Crippen molar-refractivity contribution >= 4 is 11.3 Å². The van der Waals surface area contributed by atoms with Crippen molar-refractivity contribution in [3.63, 3.8) is 0 Å². The van der Waals surface area contributed by atoms with Crippen LogP contribution in [0.1, 0.15) is 29.4 Å². The molecule has 0 aliphatic carbocycles. The lowest BCUT2D eigenvalue weighted by atomic mass is 10.3. The molecule has 0 spiro atoms. The Labute approximate surface area is 92.8 Å². The second-order valence-electron chi connectivity index (χ2n) is 3.62. The first-order valence-corrected chi connectivity index (χ1v) is 5.71. The fourth-order valence-corrected chi connectivity index (χ4v) is 2.23. The molecule has 2 N–H and O–H groups in total. The Balaban J connectivity index is 2.20. The summed E-state index contributed by atoms with van der Waals surface area (Å²) in [5.74, 6) is 0. The summed E-state index contributed by atoms with van der Waals surface area (Å²) in [7, 11) is 0. The van der Waals surface area contributed by atoms with Crippen LogP contribution in [0.3, 0.4) is 0 Å². The molecule has 1 atom stereocenters. The normalized spacial score (nSPS) is 13.0. The fraction of sp³-hybridized carbons (Fsp3) is 0.400. The van der Waals surface area contributed by atoms with Gasteiger partial charge in [0.05, 0.1) is 18.6 Å². The summed E-state index contributed by atoms with van der Waals surface area (Å²) in [6.45, 7) is 4.72. The molecule has 80 valence electrons. The Morgan fingerprint density at radius 3 is 3.00 bits per heavy atom. The van der Waals surface area contributed by atoms with E-state index in [1.54, 1.807) is 17.7 Å². The van der Waals surface area contributed by atoms with Gasteiger partial charge in [0, 0.05) is 23.3 Å². The van der Waals surface area contributed by atoms with Crippen LogP contribution >= 0.6 is 11.3 Å². The monoisotopic (exact) mass is 222 g/mol. The molecule has 1 unspecified atom stereocenters. The zero-order valence-corrected chi connectivity index (χ0v) is 9.66. The average molecular weight is 222 g/mol. The number of aromatic nitrogens is 3. The summed E-state index contributed by atoms with van der Waals surface area (Å²) in [6.07, 6.45) is 3.61. The average Bonchev–Trinajstić information content (AvgIpc) is 2.75. The minimum absolute atomic E-state index is 0.00793. The second kappa shape index (κ2) is 4.12. The Bertz CT molecular complexity index is 444. The molecule has 2 rings (SSSR count). The van der Waals surface area contributed by atoms with Gasteiger partial charge in [0.25, 0.3) is 0 Å². The van der Waals surface area contributed by atoms with Gasteiger partial charge in [0.2, 0.25) is 0 Å². The molecule has 0 amide bonds. The molecule has 2 aromatic heterocycles. The van der Waals surface area contributed by atoms with Gasteiger partial charge in [0.15, 0.2) is 0 Å². The van der Waals surface area contributed by atoms with Gasteiger partial charge in [-0.1, -0.05) is 0 Å². The Morgan fingerprint density at radius 2 is 2.40 bits per heavy atom. The van der Waals surface area contributed by atoms with Crippen molar-refractivity contribution < 1.29 is 0 Å². The highest BCUT2D eigenvalue weighted by atomic mass is 32.1. The van der Waals surface area contributed by atoms with E-state index in [0.29, 0.717) is 0 Å². The maximum Gasteiger partial charge on any atom is 0.113 e. The van der Waals surface area contributed by atoms with Gasteiger partial charge < -0.3 is 10.3 Å². The predicted octanol–water partition coefficient (Wildman–Crippen LogP) is 1.72. The van der Waals surface area contributed by atoms with Gasteiger partial charge in [-0.15, -0.1) is 11.3 Å². The van der Waals surface area contributed by atoms with E-state index in [2.05, 4.69) is 15.3 Å². The summed E-state index contributed by atoms with van der Waals surface area (Å²) < 4.78 is 2.04. The van der Waals surface area contributed by atoms with Crippen molar-refractivity contribution in [1.29, 1.82) is 0 Å². The van der Waals surface area contributed by atoms with E-state index in [9.17, 15) is 0 Å². The molecular weight excluding hydrogens is 208 g/mol. The molecule has 4 nitrogen and oxygen atoms in total. The number of hydrogen-bond acceptors (Lipinski definition) is 4. The van der Waals surface area contributed by atoms with E-state index < -0.39 is 0 Å². The molecule has 0 saturated heterocycles. The van der Waals surface area contributed by atoms with Crippen molar-refractivity contribution in [1.82, 2.24) is 14.5 Å². The lowest BCUT2D eigenvalue weighted by molar-refractivity contribution is 0.672. The molecule has 2 aromatic rings. The second-order valence-corrected chi connectivity index (χ2v) is 4.56. The van der Waals surface area contributed by atoms with Crippen LogP contribution < -0.4 is 5.73 Å². The van der Waals surface area contributed by atoms with Crippen molar-refractivity contribution in [2.75, 3.05) is 0 Å². The first kappa shape index (κ1) is 10.3. The summed E-state index contributed by atoms with van der Waals surface area (Å²) in [6, 6.07) is 0.00793. The molecule has 5 heteroatoms. The zero-order valence-electron chi connectivity index (χ0n) is 8.84. The third-order valence-corrected chi connectivity index (χ3v) is 3.13. The molecule has 0 radical (unpaired) electrons. The SMILES string of the molecule is Cc1csc(Cn2cncc2C(C)N)n1. The van der Waals surface area contributed by atoms with Gasteiger partial charge in [-0.2, -0.15) is 0 Å². The van der Waals surface area contributed by atoms with Gasteiger partial charge in [-0.05, 0) is 13.8 Å². The zero-order chi connectivity index (χ0) is 10.8. The van der Waals surface area contributed by atoms with Gasteiger partial charge in [0.1, 0.15) is 5.01 Å². The third-order valence-electron chi connectivity index (χ3n) is 2.18. The van der Waals surface area contributed by atoms with E-state index >= 15 is 0 Å². The Kier molecular flexibility index (Phi) is 2.83. The van der Waals surface area contributed by atoms with Crippen molar-refractivity contribution in [3.05, 3.63) is 34.3 Å². The molecular formula is C10H14N4S. The van der Waals surface area contributed by atoms with E-state index in [1.165, 1.54) is 0 Å². The van der Waals surface area contributed by atoms with Crippen LogP contribution in [-0.2, 0) is 6.54 Å². The topological polar surface area (TPSA) is 56.7 Å². The van der Waals surface area contributed by atoms with Crippen LogP contribution in [0.4, 0.5) is 0 Å². The van der Waals surface area contributed by atoms with Gasteiger partial charge in [-0.3, -0.25) is 0 Å². The standard InChI is InChI=1S/C10H14N4S/c1-7-5-15-10(13-7)4-14-6-12-3-9(14)8(2)11/h3,5-6,8H,4,11H2,1-2H3. The highest BCUT2D eigenvalue weighted by Gasteiger charge is 2.08. The van der Waals surface area contributed by atoms with Crippen LogP contribution in [0, 0.1) is 6.92 Å². The van der Waals surface area contributed by atoms with E-state index in [0.717, 1.165) is 22.9 Å². The Morgan fingerprint density at radius 1 is 1.60 bits per heavy atom. The molecule has 0 aromatic carbocycles. The molecule has 0 fully saturated rings. The lowest BCUT2D eigenvalue weighted by Gasteiger charge is -2.08. The van der Waals surface area contributed by atoms with Crippen LogP contribution in [0.15, 0.2) is 17.9 Å². The van der Waals surface area contributed by atoms with Crippen LogP contribution in [0.2, 0.25) is 0 Å². The van der Waals surface area contributed by atoms with E-state index in [4.69, 9.17) is 5.73 Å². The quantitative estimate of drug-likeness (QED) is 0.860. The largest absolute Gasteiger partial charge is 0.326 e. The van der Waals surface area contributed by atoms with Crippen LogP contribution in [0.5, 0.6) is 0 Å². The Hall–Kier alpha value is -1.20. The minimum atomic E-state index is 0.00793. The summed E-state index contributed by atoms with van der Waals surface area (Å²) >= 11 is 1.67. The van der Waals surface area contributed by atoms with Crippen molar-refractivity contribution in [3.8, 4) is 0 Å². The third kappa shape index (κ3) is 2.24. The van der Waals surface area contributed by atoms with E-state index in [-0.39, 0.29) is 6.04 Å². The fourth-order valence-electron chi connectivity index (χ4n) is 1.46. The smallest absolute Gasteiger partial charge is 0.113 e. The number of aryl methyl sites for hydroxylation is 1. The van der Waals surface area contributed by atoms with Crippen molar-refractivity contribution in [2.45, 2.75) is 26.4 Å². The van der Waals surface area contributed by atoms with Gasteiger partial charge in [-0.25, -0.2) is 9.97 Å². The lowest BCUT2D eigenvalue weighted by Crippen LogP contribution is -2.12. The molecule has 0 bridgehead atoms. The highest BCUT2D eigenvalue weighted by Crippen LogP contribution is 2.14. The first-order chi connectivity index (χ1) is 7.16. The van der Waals surface area contributed by atoms with Gasteiger partial charge >= 0.3 is 0 Å². The van der Waals surface area contributed by atoms with Crippen LogP contribution in [-0.4, -0.2) is 14.5 Å². The summed E-state index contributed by atoms with van der Waals surface area (Å²) in [4.78, 5) is 8.52. The first-order valence-electron chi connectivity index (χ1n) is 4.83. The van der Waals surface area contributed by atoms with E-state index in [1.807, 2.05) is 24.6 Å². The summed E-state index contributed by atoms with van der Waals surface area (Å²) in [5.41, 5.74) is 7.95.